The Bertz CT molecular complexity index is 543. The molecule has 0 radical (unpaired) electrons. The van der Waals surface area contributed by atoms with E-state index in [1.54, 1.807) is 0 Å². The number of hydrogen-bond donors (Lipinski definition) is 1. The van der Waals surface area contributed by atoms with E-state index in [9.17, 15) is 14.9 Å². The Morgan fingerprint density at radius 1 is 1.60 bits per heavy atom. The normalized spacial score (nSPS) is 17.8. The molecule has 1 heterocycles. The zero-order valence-corrected chi connectivity index (χ0v) is 12.3. The van der Waals surface area contributed by atoms with Crippen LogP contribution >= 0.6 is 15.9 Å². The van der Waals surface area contributed by atoms with Crippen LogP contribution in [0.5, 0.6) is 0 Å². The second-order valence-corrected chi connectivity index (χ2v) is 5.22. The zero-order chi connectivity index (χ0) is 14.7. The lowest BCUT2D eigenvalue weighted by atomic mass is 10.1. The fourth-order valence-corrected chi connectivity index (χ4v) is 2.46. The maximum absolute atomic E-state index is 11.8. The van der Waals surface area contributed by atoms with Crippen molar-refractivity contribution in [3.05, 3.63) is 32.3 Å². The summed E-state index contributed by atoms with van der Waals surface area (Å²) in [4.78, 5) is 22.4. The third-order valence-corrected chi connectivity index (χ3v) is 3.42. The van der Waals surface area contributed by atoms with Crippen LogP contribution in [-0.2, 0) is 9.47 Å². The molecular weight excluding hydrogens is 332 g/mol. The first-order chi connectivity index (χ1) is 9.52. The smallest absolute Gasteiger partial charge is 0.340 e. The van der Waals surface area contributed by atoms with Crippen molar-refractivity contribution in [1.29, 1.82) is 0 Å². The van der Waals surface area contributed by atoms with Gasteiger partial charge in [0.2, 0.25) is 0 Å². The average Bonchev–Trinajstić information content (AvgIpc) is 2.92. The predicted molar refractivity (Wildman–Crippen MR) is 75.0 cm³/mol. The van der Waals surface area contributed by atoms with Gasteiger partial charge in [-0.15, -0.1) is 0 Å². The molecule has 0 amide bonds. The summed E-state index contributed by atoms with van der Waals surface area (Å²) in [5, 5.41) is 14.2. The van der Waals surface area contributed by atoms with E-state index < -0.39 is 10.9 Å². The second-order valence-electron chi connectivity index (χ2n) is 4.30. The minimum absolute atomic E-state index is 0.0571. The summed E-state index contributed by atoms with van der Waals surface area (Å²) >= 11 is 3.16. The molecule has 1 N–H and O–H groups in total. The molecule has 1 aliphatic heterocycles. The maximum Gasteiger partial charge on any atom is 0.340 e. The summed E-state index contributed by atoms with van der Waals surface area (Å²) in [5.41, 5.74) is 0.118. The third-order valence-electron chi connectivity index (χ3n) is 2.96. The predicted octanol–water partition coefficient (Wildman–Crippen LogP) is 2.34. The van der Waals surface area contributed by atoms with Gasteiger partial charge in [0, 0.05) is 17.1 Å². The first-order valence-corrected chi connectivity index (χ1v) is 6.72. The van der Waals surface area contributed by atoms with Crippen molar-refractivity contribution in [3.8, 4) is 0 Å². The zero-order valence-electron chi connectivity index (χ0n) is 10.7. The lowest BCUT2D eigenvalue weighted by Gasteiger charge is -2.15. The Balaban J connectivity index is 2.47. The number of nitrogens with one attached hydrogen (secondary N) is 1. The summed E-state index contributed by atoms with van der Waals surface area (Å²) in [6.07, 6.45) is 0.730. The largest absolute Gasteiger partial charge is 0.465 e. The number of halogens is 1. The number of carbonyl (C=O) groups is 1. The monoisotopic (exact) mass is 344 g/mol. The van der Waals surface area contributed by atoms with Crippen molar-refractivity contribution in [2.24, 2.45) is 0 Å². The standard InChI is InChI=1S/C12H13BrN2O5/c1-19-12(16)9-4-7(13)5-10(15(17)18)11(9)14-8-2-3-20-6-8/h4-5,8,14H,2-3,6H2,1H3. The number of carbonyl (C=O) groups excluding carboxylic acids is 1. The molecule has 0 aliphatic carbocycles. The van der Waals surface area contributed by atoms with Crippen LogP contribution in [-0.4, -0.2) is 37.3 Å². The highest BCUT2D eigenvalue weighted by atomic mass is 79.9. The Kier molecular flexibility index (Phi) is 4.56. The molecule has 1 aromatic rings. The van der Waals surface area contributed by atoms with Crippen LogP contribution in [0.1, 0.15) is 16.8 Å². The van der Waals surface area contributed by atoms with Crippen LogP contribution in [0.2, 0.25) is 0 Å². The number of nitrogens with zero attached hydrogens (tertiary/aromatic N) is 1. The number of nitro groups is 1. The highest BCUT2D eigenvalue weighted by Crippen LogP contribution is 2.34. The van der Waals surface area contributed by atoms with Crippen LogP contribution in [0.15, 0.2) is 16.6 Å². The molecule has 7 nitrogen and oxygen atoms in total. The van der Waals surface area contributed by atoms with Crippen LogP contribution in [0, 0.1) is 10.1 Å². The quantitative estimate of drug-likeness (QED) is 0.512. The molecule has 0 spiro atoms. The van der Waals surface area contributed by atoms with E-state index >= 15 is 0 Å². The molecule has 1 unspecified atom stereocenters. The Labute approximate surface area is 123 Å². The van der Waals surface area contributed by atoms with Crippen LogP contribution < -0.4 is 5.32 Å². The summed E-state index contributed by atoms with van der Waals surface area (Å²) in [6.45, 7) is 1.05. The van der Waals surface area contributed by atoms with Crippen molar-refractivity contribution >= 4 is 33.3 Å². The minimum Gasteiger partial charge on any atom is -0.465 e. The van der Waals surface area contributed by atoms with Crippen LogP contribution in [0.25, 0.3) is 0 Å². The molecule has 108 valence electrons. The van der Waals surface area contributed by atoms with E-state index in [1.165, 1.54) is 19.2 Å². The Morgan fingerprint density at radius 2 is 2.35 bits per heavy atom. The number of nitro benzene ring substituents is 1. The second kappa shape index (κ2) is 6.19. The van der Waals surface area contributed by atoms with E-state index in [2.05, 4.69) is 26.0 Å². The van der Waals surface area contributed by atoms with Gasteiger partial charge in [0.1, 0.15) is 5.69 Å². The topological polar surface area (TPSA) is 90.7 Å². The summed E-state index contributed by atoms with van der Waals surface area (Å²) in [6, 6.07) is 2.79. The van der Waals surface area contributed by atoms with Gasteiger partial charge in [-0.1, -0.05) is 15.9 Å². The van der Waals surface area contributed by atoms with Crippen molar-refractivity contribution in [1.82, 2.24) is 0 Å². The number of rotatable bonds is 4. The highest BCUT2D eigenvalue weighted by molar-refractivity contribution is 9.10. The van der Waals surface area contributed by atoms with Crippen molar-refractivity contribution in [2.75, 3.05) is 25.6 Å². The lowest BCUT2D eigenvalue weighted by molar-refractivity contribution is -0.384. The van der Waals surface area contributed by atoms with Gasteiger partial charge in [-0.05, 0) is 12.5 Å². The summed E-state index contributed by atoms with van der Waals surface area (Å²) < 4.78 is 10.3. The number of hydrogen-bond acceptors (Lipinski definition) is 6. The number of anilines is 1. The van der Waals surface area contributed by atoms with Gasteiger partial charge >= 0.3 is 5.97 Å². The molecule has 1 atom stereocenters. The molecule has 1 aromatic carbocycles. The lowest BCUT2D eigenvalue weighted by Crippen LogP contribution is -2.22. The van der Waals surface area contributed by atoms with Gasteiger partial charge in [0.05, 0.1) is 30.2 Å². The molecule has 8 heteroatoms. The summed E-state index contributed by atoms with van der Waals surface area (Å²) in [5.74, 6) is -0.629. The molecule has 2 rings (SSSR count). The molecule has 1 saturated heterocycles. The Hall–Kier alpha value is -1.67. The summed E-state index contributed by atoms with van der Waals surface area (Å²) in [7, 11) is 1.23. The van der Waals surface area contributed by atoms with Crippen LogP contribution in [0.4, 0.5) is 11.4 Å². The van der Waals surface area contributed by atoms with E-state index in [0.29, 0.717) is 17.7 Å². The SMILES string of the molecule is COC(=O)c1cc(Br)cc([N+](=O)[O-])c1NC1CCOC1. The van der Waals surface area contributed by atoms with Gasteiger partial charge in [0.25, 0.3) is 5.69 Å². The first kappa shape index (κ1) is 14.7. The number of methoxy groups -OCH3 is 1. The fraction of sp³-hybridized carbons (Fsp3) is 0.417. The van der Waals surface area contributed by atoms with Crippen molar-refractivity contribution < 1.29 is 19.2 Å². The first-order valence-electron chi connectivity index (χ1n) is 5.93. The van der Waals surface area contributed by atoms with Gasteiger partial charge in [-0.3, -0.25) is 10.1 Å². The average molecular weight is 345 g/mol. The minimum atomic E-state index is -0.629. The fourth-order valence-electron chi connectivity index (χ4n) is 2.01. The molecule has 1 fully saturated rings. The molecule has 0 bridgehead atoms. The van der Waals surface area contributed by atoms with Gasteiger partial charge < -0.3 is 14.8 Å². The van der Waals surface area contributed by atoms with Gasteiger partial charge in [-0.2, -0.15) is 0 Å². The Morgan fingerprint density at radius 3 is 2.90 bits per heavy atom. The van der Waals surface area contributed by atoms with Gasteiger partial charge in [-0.25, -0.2) is 4.79 Å². The third kappa shape index (κ3) is 3.07. The van der Waals surface area contributed by atoms with E-state index in [-0.39, 0.29) is 23.0 Å². The highest BCUT2D eigenvalue weighted by Gasteiger charge is 2.27. The molecule has 0 saturated carbocycles. The number of ether oxygens (including phenoxy) is 2. The number of esters is 1. The van der Waals surface area contributed by atoms with Gasteiger partial charge in [0.15, 0.2) is 0 Å². The molecule has 1 aliphatic rings. The molecule has 0 aromatic heterocycles. The van der Waals surface area contributed by atoms with Crippen molar-refractivity contribution in [3.63, 3.8) is 0 Å². The van der Waals surface area contributed by atoms with E-state index in [4.69, 9.17) is 4.74 Å². The number of benzene rings is 1. The van der Waals surface area contributed by atoms with E-state index in [1.807, 2.05) is 0 Å². The maximum atomic E-state index is 11.8. The van der Waals surface area contributed by atoms with E-state index in [0.717, 1.165) is 6.42 Å². The molecular formula is C12H13BrN2O5. The molecule has 20 heavy (non-hydrogen) atoms. The van der Waals surface area contributed by atoms with Crippen molar-refractivity contribution in [2.45, 2.75) is 12.5 Å². The van der Waals surface area contributed by atoms with Crippen LogP contribution in [0.3, 0.4) is 0 Å².